The topological polar surface area (TPSA) is 17.8 Å². The van der Waals surface area contributed by atoms with E-state index in [0.29, 0.717) is 12.0 Å². The molecule has 1 heterocycles. The van der Waals surface area contributed by atoms with Gasteiger partial charge >= 0.3 is 0 Å². The lowest BCUT2D eigenvalue weighted by molar-refractivity contribution is 0.412. The van der Waals surface area contributed by atoms with E-state index in [1.807, 2.05) is 0 Å². The second-order valence-electron chi connectivity index (χ2n) is 13.9. The van der Waals surface area contributed by atoms with E-state index in [-0.39, 0.29) is 0 Å². The monoisotopic (exact) mass is 587 g/mol. The molecule has 0 saturated carbocycles. The van der Waals surface area contributed by atoms with Gasteiger partial charge < -0.3 is 4.57 Å². The summed E-state index contributed by atoms with van der Waals surface area (Å²) in [6, 6.07) is 0.589. The number of imidazole rings is 1. The predicted molar refractivity (Wildman–Crippen MR) is 190 cm³/mol. The van der Waals surface area contributed by atoms with E-state index in [9.17, 15) is 0 Å². The van der Waals surface area contributed by atoms with Crippen LogP contribution in [0.15, 0.2) is 12.4 Å². The zero-order valence-corrected chi connectivity index (χ0v) is 29.6. The maximum absolute atomic E-state index is 4.99. The van der Waals surface area contributed by atoms with E-state index in [4.69, 9.17) is 4.98 Å². The molecular formula is C40H78N2. The Morgan fingerprint density at radius 2 is 0.762 bits per heavy atom. The van der Waals surface area contributed by atoms with Crippen LogP contribution in [0.5, 0.6) is 0 Å². The Bertz CT molecular complexity index is 650. The van der Waals surface area contributed by atoms with Crippen molar-refractivity contribution >= 4 is 0 Å². The first-order valence-electron chi connectivity index (χ1n) is 19.8. The fraction of sp³-hybridized carbons (Fsp3) is 0.925. The molecule has 2 unspecified atom stereocenters. The van der Waals surface area contributed by atoms with E-state index < -0.39 is 0 Å². The van der Waals surface area contributed by atoms with Gasteiger partial charge in [-0.3, -0.25) is 0 Å². The van der Waals surface area contributed by atoms with Gasteiger partial charge in [-0.1, -0.05) is 201 Å². The fourth-order valence-corrected chi connectivity index (χ4v) is 6.89. The number of hydrogen-bond donors (Lipinski definition) is 0. The smallest absolute Gasteiger partial charge is 0.111 e. The molecule has 2 heteroatoms. The van der Waals surface area contributed by atoms with E-state index in [1.54, 1.807) is 0 Å². The van der Waals surface area contributed by atoms with Gasteiger partial charge in [0.2, 0.25) is 0 Å². The molecule has 0 amide bonds. The highest BCUT2D eigenvalue weighted by atomic mass is 15.1. The predicted octanol–water partition coefficient (Wildman–Crippen LogP) is 14.7. The van der Waals surface area contributed by atoms with Crippen LogP contribution >= 0.6 is 0 Å². The highest BCUT2D eigenvalue weighted by molar-refractivity contribution is 5.02. The van der Waals surface area contributed by atoms with Crippen LogP contribution in [0, 0.1) is 0 Å². The van der Waals surface area contributed by atoms with Gasteiger partial charge in [0.25, 0.3) is 0 Å². The zero-order valence-electron chi connectivity index (χ0n) is 29.6. The highest BCUT2D eigenvalue weighted by Crippen LogP contribution is 2.31. The molecule has 0 aliphatic rings. The third kappa shape index (κ3) is 21.8. The Kier molecular flexibility index (Phi) is 28.3. The molecule has 0 aromatic carbocycles. The third-order valence-electron chi connectivity index (χ3n) is 9.83. The van der Waals surface area contributed by atoms with Gasteiger partial charge in [-0.25, -0.2) is 4.98 Å². The molecule has 0 aliphatic heterocycles. The van der Waals surface area contributed by atoms with Crippen molar-refractivity contribution in [3.05, 3.63) is 18.2 Å². The number of hydrogen-bond acceptors (Lipinski definition) is 1. The molecule has 2 atom stereocenters. The Morgan fingerprint density at radius 1 is 0.452 bits per heavy atom. The first kappa shape index (κ1) is 39.2. The first-order valence-corrected chi connectivity index (χ1v) is 19.8. The minimum Gasteiger partial charge on any atom is -0.332 e. The van der Waals surface area contributed by atoms with E-state index in [2.05, 4.69) is 44.7 Å². The van der Waals surface area contributed by atoms with E-state index >= 15 is 0 Å². The van der Waals surface area contributed by atoms with Crippen molar-refractivity contribution in [1.29, 1.82) is 0 Å². The second-order valence-corrected chi connectivity index (χ2v) is 13.9. The molecule has 0 bridgehead atoms. The van der Waals surface area contributed by atoms with Crippen LogP contribution in [0.25, 0.3) is 0 Å². The summed E-state index contributed by atoms with van der Waals surface area (Å²) in [5.41, 5.74) is 0. The number of aromatic nitrogens is 2. The molecule has 1 rings (SSSR count). The van der Waals surface area contributed by atoms with Gasteiger partial charge in [-0.15, -0.1) is 0 Å². The van der Waals surface area contributed by atoms with Crippen LogP contribution in [0.4, 0.5) is 0 Å². The standard InChI is InChI=1S/C40H78N2/c1-5-8-11-14-17-18-19-20-21-22-23-24-25-26-29-32-35-39(34-31-28-16-13-10-7-3)40-41-36-37-42(40)38(4)33-30-27-15-12-9-6-2/h36-39H,5-35H2,1-4H3. The van der Waals surface area contributed by atoms with Gasteiger partial charge in [-0.2, -0.15) is 0 Å². The van der Waals surface area contributed by atoms with Crippen molar-refractivity contribution in [2.45, 2.75) is 239 Å². The average molecular weight is 587 g/mol. The summed E-state index contributed by atoms with van der Waals surface area (Å²) >= 11 is 0. The molecular weight excluding hydrogens is 508 g/mol. The average Bonchev–Trinajstić information content (AvgIpc) is 3.49. The SMILES string of the molecule is CCCCCCCCCCCCCCCCCCC(CCCCCCCC)c1nccn1C(C)CCCCCCCC. The Labute approximate surface area is 266 Å². The molecule has 2 nitrogen and oxygen atoms in total. The fourth-order valence-electron chi connectivity index (χ4n) is 6.89. The van der Waals surface area contributed by atoms with Gasteiger partial charge in [-0.05, 0) is 26.2 Å². The van der Waals surface area contributed by atoms with Gasteiger partial charge in [0.1, 0.15) is 5.82 Å². The molecule has 1 aromatic heterocycles. The Morgan fingerprint density at radius 3 is 1.12 bits per heavy atom. The van der Waals surface area contributed by atoms with Crippen molar-refractivity contribution in [3.8, 4) is 0 Å². The quantitative estimate of drug-likeness (QED) is 0.0749. The summed E-state index contributed by atoms with van der Waals surface area (Å²) in [7, 11) is 0. The van der Waals surface area contributed by atoms with Crippen LogP contribution in [-0.4, -0.2) is 9.55 Å². The summed E-state index contributed by atoms with van der Waals surface area (Å²) in [6.07, 6.45) is 48.2. The first-order chi connectivity index (χ1) is 20.7. The molecule has 0 radical (unpaired) electrons. The molecule has 1 aromatic rings. The zero-order chi connectivity index (χ0) is 30.4. The maximum atomic E-state index is 4.99. The summed E-state index contributed by atoms with van der Waals surface area (Å²) in [6.45, 7) is 9.38. The van der Waals surface area contributed by atoms with Gasteiger partial charge in [0.05, 0.1) is 0 Å². The lowest BCUT2D eigenvalue weighted by Gasteiger charge is -2.22. The summed E-state index contributed by atoms with van der Waals surface area (Å²) in [5.74, 6) is 2.06. The van der Waals surface area contributed by atoms with E-state index in [0.717, 1.165) is 0 Å². The minimum atomic E-state index is 0.589. The number of unbranched alkanes of at least 4 members (excludes halogenated alkanes) is 25. The molecule has 0 N–H and O–H groups in total. The lowest BCUT2D eigenvalue weighted by Crippen LogP contribution is -2.13. The van der Waals surface area contributed by atoms with Gasteiger partial charge in [0, 0.05) is 24.4 Å². The summed E-state index contributed by atoms with van der Waals surface area (Å²) < 4.78 is 2.57. The number of nitrogens with zero attached hydrogens (tertiary/aromatic N) is 2. The van der Waals surface area contributed by atoms with Crippen molar-refractivity contribution in [2.24, 2.45) is 0 Å². The molecule has 0 saturated heterocycles. The molecule has 248 valence electrons. The Hall–Kier alpha value is -0.790. The van der Waals surface area contributed by atoms with Crippen LogP contribution in [0.1, 0.15) is 245 Å². The normalized spacial score (nSPS) is 13.1. The second kappa shape index (κ2) is 30.2. The highest BCUT2D eigenvalue weighted by Gasteiger charge is 2.19. The van der Waals surface area contributed by atoms with Crippen LogP contribution in [0.2, 0.25) is 0 Å². The minimum absolute atomic E-state index is 0.589. The van der Waals surface area contributed by atoms with Gasteiger partial charge in [0.15, 0.2) is 0 Å². The van der Waals surface area contributed by atoms with Crippen LogP contribution in [-0.2, 0) is 0 Å². The molecule has 0 aliphatic carbocycles. The van der Waals surface area contributed by atoms with Crippen LogP contribution in [0.3, 0.4) is 0 Å². The number of rotatable bonds is 33. The largest absolute Gasteiger partial charge is 0.332 e. The molecule has 0 fully saturated rings. The van der Waals surface area contributed by atoms with Crippen molar-refractivity contribution in [3.63, 3.8) is 0 Å². The van der Waals surface area contributed by atoms with E-state index in [1.165, 1.54) is 205 Å². The summed E-state index contributed by atoms with van der Waals surface area (Å²) in [4.78, 5) is 4.99. The maximum Gasteiger partial charge on any atom is 0.111 e. The van der Waals surface area contributed by atoms with Crippen molar-refractivity contribution in [2.75, 3.05) is 0 Å². The van der Waals surface area contributed by atoms with Crippen molar-refractivity contribution < 1.29 is 0 Å². The molecule has 0 spiro atoms. The summed E-state index contributed by atoms with van der Waals surface area (Å²) in [5, 5.41) is 0. The van der Waals surface area contributed by atoms with Crippen molar-refractivity contribution in [1.82, 2.24) is 9.55 Å². The van der Waals surface area contributed by atoms with Crippen LogP contribution < -0.4 is 0 Å². The Balaban J connectivity index is 2.30. The third-order valence-corrected chi connectivity index (χ3v) is 9.83. The lowest BCUT2D eigenvalue weighted by atomic mass is 9.92. The molecule has 42 heavy (non-hydrogen) atoms.